The van der Waals surface area contributed by atoms with Crippen molar-refractivity contribution in [2.75, 3.05) is 7.11 Å². The first-order valence-electron chi connectivity index (χ1n) is 6.51. The summed E-state index contributed by atoms with van der Waals surface area (Å²) in [5.41, 5.74) is 1.70. The Balaban J connectivity index is 2.36. The molecule has 1 aliphatic rings. The van der Waals surface area contributed by atoms with E-state index in [1.54, 1.807) is 7.11 Å². The number of aliphatic hydroxyl groups is 1. The third kappa shape index (κ3) is 2.06. The second-order valence-electron chi connectivity index (χ2n) is 5.14. The van der Waals surface area contributed by atoms with Crippen LogP contribution in [0.5, 0.6) is 5.75 Å². The van der Waals surface area contributed by atoms with Crippen molar-refractivity contribution >= 4 is 0 Å². The molecular weight excluding hydrogens is 212 g/mol. The topological polar surface area (TPSA) is 29.5 Å². The third-order valence-corrected chi connectivity index (χ3v) is 4.10. The molecule has 0 aromatic heterocycles. The molecule has 0 heterocycles. The normalized spacial score (nSPS) is 24.5. The van der Waals surface area contributed by atoms with E-state index in [0.29, 0.717) is 5.92 Å². The molecule has 1 aromatic rings. The average molecular weight is 234 g/mol. The summed E-state index contributed by atoms with van der Waals surface area (Å²) in [4.78, 5) is 0. The summed E-state index contributed by atoms with van der Waals surface area (Å²) in [5.74, 6) is 1.15. The Morgan fingerprint density at radius 2 is 2.24 bits per heavy atom. The van der Waals surface area contributed by atoms with E-state index in [0.717, 1.165) is 37.0 Å². The highest BCUT2D eigenvalue weighted by Crippen LogP contribution is 2.44. The highest BCUT2D eigenvalue weighted by atomic mass is 16.5. The summed E-state index contributed by atoms with van der Waals surface area (Å²) in [7, 11) is 1.67. The Morgan fingerprint density at radius 1 is 1.47 bits per heavy atom. The molecule has 0 saturated heterocycles. The molecule has 1 aliphatic carbocycles. The van der Waals surface area contributed by atoms with Crippen LogP contribution in [0.3, 0.4) is 0 Å². The van der Waals surface area contributed by atoms with Crippen LogP contribution in [0.2, 0.25) is 0 Å². The van der Waals surface area contributed by atoms with Gasteiger partial charge in [0.15, 0.2) is 0 Å². The number of methoxy groups -OCH3 is 1. The molecular formula is C15H22O2. The summed E-state index contributed by atoms with van der Waals surface area (Å²) in [6, 6.07) is 6.08. The van der Waals surface area contributed by atoms with Gasteiger partial charge in [0.2, 0.25) is 0 Å². The largest absolute Gasteiger partial charge is 0.497 e. The van der Waals surface area contributed by atoms with Gasteiger partial charge in [-0.15, -0.1) is 0 Å². The molecule has 0 saturated carbocycles. The first kappa shape index (κ1) is 12.4. The highest BCUT2D eigenvalue weighted by molar-refractivity contribution is 5.43. The SMILES string of the molecule is CCCC(C)C1(O)CCc2ccc(OC)cc21. The van der Waals surface area contributed by atoms with Gasteiger partial charge in [0.05, 0.1) is 12.7 Å². The van der Waals surface area contributed by atoms with Crippen molar-refractivity contribution in [3.05, 3.63) is 29.3 Å². The van der Waals surface area contributed by atoms with Crippen molar-refractivity contribution in [3.63, 3.8) is 0 Å². The minimum atomic E-state index is -0.653. The van der Waals surface area contributed by atoms with E-state index in [9.17, 15) is 5.11 Å². The first-order chi connectivity index (χ1) is 8.11. The molecule has 94 valence electrons. The minimum Gasteiger partial charge on any atom is -0.497 e. The molecule has 1 N–H and O–H groups in total. The zero-order valence-corrected chi connectivity index (χ0v) is 11.0. The fourth-order valence-corrected chi connectivity index (χ4v) is 2.95. The van der Waals surface area contributed by atoms with Crippen molar-refractivity contribution < 1.29 is 9.84 Å². The fraction of sp³-hybridized carbons (Fsp3) is 0.600. The highest BCUT2D eigenvalue weighted by Gasteiger charge is 2.40. The van der Waals surface area contributed by atoms with Crippen molar-refractivity contribution in [1.29, 1.82) is 0 Å². The van der Waals surface area contributed by atoms with Gasteiger partial charge in [-0.05, 0) is 48.4 Å². The van der Waals surface area contributed by atoms with Crippen molar-refractivity contribution in [2.24, 2.45) is 5.92 Å². The molecule has 2 atom stereocenters. The van der Waals surface area contributed by atoms with Crippen LogP contribution < -0.4 is 4.74 Å². The van der Waals surface area contributed by atoms with Crippen LogP contribution in [0, 0.1) is 5.92 Å². The van der Waals surface area contributed by atoms with Crippen LogP contribution in [-0.4, -0.2) is 12.2 Å². The molecule has 0 aliphatic heterocycles. The molecule has 1 aromatic carbocycles. The Kier molecular flexibility index (Phi) is 3.43. The van der Waals surface area contributed by atoms with E-state index in [1.165, 1.54) is 5.56 Å². The van der Waals surface area contributed by atoms with Crippen LogP contribution in [0.1, 0.15) is 44.2 Å². The van der Waals surface area contributed by atoms with Crippen molar-refractivity contribution in [3.8, 4) is 5.75 Å². The quantitative estimate of drug-likeness (QED) is 0.866. The number of aryl methyl sites for hydroxylation is 1. The zero-order chi connectivity index (χ0) is 12.5. The second kappa shape index (κ2) is 4.69. The van der Waals surface area contributed by atoms with E-state index in [1.807, 2.05) is 12.1 Å². The van der Waals surface area contributed by atoms with E-state index in [2.05, 4.69) is 19.9 Å². The number of hydrogen-bond acceptors (Lipinski definition) is 2. The van der Waals surface area contributed by atoms with Gasteiger partial charge in [-0.25, -0.2) is 0 Å². The molecule has 17 heavy (non-hydrogen) atoms. The number of fused-ring (bicyclic) bond motifs is 1. The monoisotopic (exact) mass is 234 g/mol. The van der Waals surface area contributed by atoms with Crippen LogP contribution in [0.4, 0.5) is 0 Å². The van der Waals surface area contributed by atoms with Crippen molar-refractivity contribution in [2.45, 2.75) is 45.1 Å². The standard InChI is InChI=1S/C15H22O2/c1-4-5-11(2)15(16)9-8-12-6-7-13(17-3)10-14(12)15/h6-7,10-11,16H,4-5,8-9H2,1-3H3. The molecule has 0 radical (unpaired) electrons. The summed E-state index contributed by atoms with van der Waals surface area (Å²) < 4.78 is 5.26. The zero-order valence-electron chi connectivity index (χ0n) is 11.0. The summed E-state index contributed by atoms with van der Waals surface area (Å²) in [6.07, 6.45) is 4.00. The number of ether oxygens (including phenoxy) is 1. The molecule has 0 bridgehead atoms. The average Bonchev–Trinajstić information content (AvgIpc) is 2.68. The number of rotatable bonds is 4. The van der Waals surface area contributed by atoms with Crippen LogP contribution in [0.25, 0.3) is 0 Å². The lowest BCUT2D eigenvalue weighted by Gasteiger charge is -2.31. The van der Waals surface area contributed by atoms with E-state index in [-0.39, 0.29) is 0 Å². The molecule has 0 fully saturated rings. The molecule has 2 nitrogen and oxygen atoms in total. The van der Waals surface area contributed by atoms with Gasteiger partial charge in [0.1, 0.15) is 5.75 Å². The second-order valence-corrected chi connectivity index (χ2v) is 5.14. The maximum absolute atomic E-state index is 10.9. The fourth-order valence-electron chi connectivity index (χ4n) is 2.95. The Morgan fingerprint density at radius 3 is 2.88 bits per heavy atom. The predicted molar refractivity (Wildman–Crippen MR) is 69.3 cm³/mol. The molecule has 2 rings (SSSR count). The summed E-state index contributed by atoms with van der Waals surface area (Å²) >= 11 is 0. The molecule has 0 amide bonds. The van der Waals surface area contributed by atoms with Gasteiger partial charge in [0.25, 0.3) is 0 Å². The Hall–Kier alpha value is -1.02. The lowest BCUT2D eigenvalue weighted by molar-refractivity contribution is -0.0190. The van der Waals surface area contributed by atoms with Crippen molar-refractivity contribution in [1.82, 2.24) is 0 Å². The van der Waals surface area contributed by atoms with Gasteiger partial charge in [-0.1, -0.05) is 26.3 Å². The van der Waals surface area contributed by atoms with E-state index < -0.39 is 5.60 Å². The van der Waals surface area contributed by atoms with Gasteiger partial charge in [0, 0.05) is 0 Å². The Labute approximate surface area is 104 Å². The Bertz CT molecular complexity index is 400. The van der Waals surface area contributed by atoms with Gasteiger partial charge < -0.3 is 9.84 Å². The van der Waals surface area contributed by atoms with Gasteiger partial charge in [-0.3, -0.25) is 0 Å². The third-order valence-electron chi connectivity index (χ3n) is 4.10. The number of benzene rings is 1. The van der Waals surface area contributed by atoms with E-state index in [4.69, 9.17) is 4.74 Å². The van der Waals surface area contributed by atoms with E-state index >= 15 is 0 Å². The van der Waals surface area contributed by atoms with Crippen LogP contribution >= 0.6 is 0 Å². The minimum absolute atomic E-state index is 0.306. The van der Waals surface area contributed by atoms with Crippen LogP contribution in [0.15, 0.2) is 18.2 Å². The first-order valence-corrected chi connectivity index (χ1v) is 6.51. The maximum atomic E-state index is 10.9. The summed E-state index contributed by atoms with van der Waals surface area (Å²) in [6.45, 7) is 4.32. The maximum Gasteiger partial charge on any atom is 0.119 e. The van der Waals surface area contributed by atoms with Gasteiger partial charge in [-0.2, -0.15) is 0 Å². The molecule has 2 heteroatoms. The number of hydrogen-bond donors (Lipinski definition) is 1. The lowest BCUT2D eigenvalue weighted by atomic mass is 9.81. The molecule has 2 unspecified atom stereocenters. The lowest BCUT2D eigenvalue weighted by Crippen LogP contribution is -2.30. The predicted octanol–water partition coefficient (Wildman–Crippen LogP) is 3.27. The summed E-state index contributed by atoms with van der Waals surface area (Å²) in [5, 5.41) is 10.9. The molecule has 0 spiro atoms. The van der Waals surface area contributed by atoms with Crippen LogP contribution in [-0.2, 0) is 12.0 Å². The smallest absolute Gasteiger partial charge is 0.119 e. The van der Waals surface area contributed by atoms with Gasteiger partial charge >= 0.3 is 0 Å².